The van der Waals surface area contributed by atoms with E-state index in [4.69, 9.17) is 14.2 Å². The molecule has 0 aromatic heterocycles. The van der Waals surface area contributed by atoms with E-state index in [1.165, 1.54) is 21.3 Å². The summed E-state index contributed by atoms with van der Waals surface area (Å²) in [6, 6.07) is 22.7. The predicted molar refractivity (Wildman–Crippen MR) is 150 cm³/mol. The van der Waals surface area contributed by atoms with Gasteiger partial charge in [0, 0.05) is 18.4 Å². The second-order valence-electron chi connectivity index (χ2n) is 9.26. The molecule has 1 aliphatic rings. The van der Waals surface area contributed by atoms with Gasteiger partial charge in [0.15, 0.2) is 17.3 Å². The first-order valence-electron chi connectivity index (χ1n) is 12.5. The van der Waals surface area contributed by atoms with E-state index in [9.17, 15) is 9.59 Å². The molecule has 3 aromatic rings. The number of hydrogen-bond donors (Lipinski definition) is 2. The molecule has 0 bridgehead atoms. The average Bonchev–Trinajstić information content (AvgIpc) is 3.48. The number of methoxy groups -OCH3 is 3. The van der Waals surface area contributed by atoms with Crippen LogP contribution >= 0.6 is 12.4 Å². The van der Waals surface area contributed by atoms with Crippen molar-refractivity contribution in [3.05, 3.63) is 89.5 Å². The molecule has 202 valence electrons. The predicted octanol–water partition coefficient (Wildman–Crippen LogP) is 4.71. The average molecular weight is 539 g/mol. The number of rotatable bonds is 11. The maximum atomic E-state index is 13.9. The number of halogens is 1. The van der Waals surface area contributed by atoms with Crippen LogP contribution in [0.1, 0.15) is 40.7 Å². The molecule has 4 rings (SSSR count). The lowest BCUT2D eigenvalue weighted by Crippen LogP contribution is -2.53. The first-order valence-corrected chi connectivity index (χ1v) is 12.5. The maximum Gasteiger partial charge on any atom is 0.237 e. The second-order valence-corrected chi connectivity index (χ2v) is 9.26. The topological polar surface area (TPSA) is 85.9 Å². The van der Waals surface area contributed by atoms with E-state index < -0.39 is 5.54 Å². The van der Waals surface area contributed by atoms with Crippen LogP contribution < -0.4 is 24.8 Å². The van der Waals surface area contributed by atoms with Crippen molar-refractivity contribution in [3.63, 3.8) is 0 Å². The highest BCUT2D eigenvalue weighted by molar-refractivity contribution is 5.98. The fourth-order valence-electron chi connectivity index (χ4n) is 4.98. The second kappa shape index (κ2) is 13.3. The molecule has 7 nitrogen and oxygen atoms in total. The Morgan fingerprint density at radius 2 is 1.53 bits per heavy atom. The lowest BCUT2D eigenvalue weighted by atomic mass is 9.78. The maximum absolute atomic E-state index is 13.9. The van der Waals surface area contributed by atoms with E-state index in [-0.39, 0.29) is 36.6 Å². The number of amides is 1. The molecule has 8 heteroatoms. The molecule has 3 aromatic carbocycles. The van der Waals surface area contributed by atoms with Crippen LogP contribution in [0.3, 0.4) is 0 Å². The van der Waals surface area contributed by atoms with Crippen molar-refractivity contribution >= 4 is 24.1 Å². The van der Waals surface area contributed by atoms with Crippen molar-refractivity contribution in [2.45, 2.75) is 37.3 Å². The molecule has 1 amide bonds. The van der Waals surface area contributed by atoms with Gasteiger partial charge >= 0.3 is 0 Å². The summed E-state index contributed by atoms with van der Waals surface area (Å²) in [5, 5.41) is 6.59. The smallest absolute Gasteiger partial charge is 0.237 e. The Hall–Kier alpha value is -3.55. The van der Waals surface area contributed by atoms with Crippen LogP contribution in [0.2, 0.25) is 0 Å². The van der Waals surface area contributed by atoms with Gasteiger partial charge in [-0.3, -0.25) is 9.59 Å². The molecule has 1 heterocycles. The van der Waals surface area contributed by atoms with Gasteiger partial charge in [-0.05, 0) is 42.6 Å². The Labute approximate surface area is 230 Å². The van der Waals surface area contributed by atoms with Gasteiger partial charge < -0.3 is 24.8 Å². The Morgan fingerprint density at radius 3 is 2.05 bits per heavy atom. The van der Waals surface area contributed by atoms with Crippen LogP contribution in [-0.4, -0.2) is 45.6 Å². The Morgan fingerprint density at radius 1 is 0.921 bits per heavy atom. The third-order valence-electron chi connectivity index (χ3n) is 6.86. The number of ether oxygens (including phenoxy) is 3. The van der Waals surface area contributed by atoms with Gasteiger partial charge in [-0.15, -0.1) is 12.4 Å². The molecule has 1 saturated heterocycles. The van der Waals surface area contributed by atoms with Gasteiger partial charge in [-0.1, -0.05) is 60.7 Å². The molecule has 0 spiro atoms. The van der Waals surface area contributed by atoms with Gasteiger partial charge in [0.25, 0.3) is 0 Å². The van der Waals surface area contributed by atoms with Gasteiger partial charge in [0.1, 0.15) is 0 Å². The molecular formula is C30H35ClN2O5. The van der Waals surface area contributed by atoms with Crippen LogP contribution in [0.15, 0.2) is 72.8 Å². The summed E-state index contributed by atoms with van der Waals surface area (Å²) in [5.74, 6) is 0.963. The minimum Gasteiger partial charge on any atom is -0.493 e. The van der Waals surface area contributed by atoms with Gasteiger partial charge in [-0.2, -0.15) is 0 Å². The summed E-state index contributed by atoms with van der Waals surface area (Å²) in [4.78, 5) is 27.4. The first-order chi connectivity index (χ1) is 18.0. The number of carbonyl (C=O) groups is 2. The van der Waals surface area contributed by atoms with Crippen LogP contribution in [0.4, 0.5) is 0 Å². The lowest BCUT2D eigenvalue weighted by Gasteiger charge is -2.36. The summed E-state index contributed by atoms with van der Waals surface area (Å²) >= 11 is 0. The van der Waals surface area contributed by atoms with Crippen molar-refractivity contribution in [2.24, 2.45) is 0 Å². The van der Waals surface area contributed by atoms with Crippen molar-refractivity contribution in [2.75, 3.05) is 27.9 Å². The third kappa shape index (κ3) is 6.47. The van der Waals surface area contributed by atoms with Gasteiger partial charge in [0.05, 0.1) is 32.9 Å². The van der Waals surface area contributed by atoms with Crippen LogP contribution in [-0.2, 0) is 16.8 Å². The number of hydrogen-bond acceptors (Lipinski definition) is 6. The van der Waals surface area contributed by atoms with Crippen molar-refractivity contribution in [1.29, 1.82) is 0 Å². The highest BCUT2D eigenvalue weighted by Gasteiger charge is 2.39. The fraction of sp³-hybridized carbons (Fsp3) is 0.333. The Bertz CT molecular complexity index is 1190. The number of ketones is 1. The summed E-state index contributed by atoms with van der Waals surface area (Å²) in [6.45, 7) is 0.805. The number of Topliss-reactive ketones (excluding diaryl/α,β-unsaturated/α-hetero) is 1. The Balaban J connectivity index is 0.00000400. The fourth-order valence-corrected chi connectivity index (χ4v) is 4.98. The molecule has 0 aliphatic carbocycles. The number of nitrogens with one attached hydrogen (secondary N) is 2. The zero-order chi connectivity index (χ0) is 26.3. The summed E-state index contributed by atoms with van der Waals surface area (Å²) in [5.41, 5.74) is 1.33. The van der Waals surface area contributed by atoms with E-state index in [0.717, 1.165) is 30.5 Å². The third-order valence-corrected chi connectivity index (χ3v) is 6.86. The number of benzene rings is 3. The van der Waals surface area contributed by atoms with E-state index >= 15 is 0 Å². The normalized spacial score (nSPS) is 16.0. The highest BCUT2D eigenvalue weighted by Crippen LogP contribution is 2.40. The number of carbonyl (C=O) groups excluding carboxylic acids is 2. The minimum atomic E-state index is -0.971. The summed E-state index contributed by atoms with van der Waals surface area (Å²) in [6.07, 6.45) is 2.21. The SMILES string of the molecule is COc1cc(C(=O)CC(Cc2ccccc2)(NC(=O)[C@@H]2CCCN2)c2ccccc2)cc(OC)c1OC.Cl. The molecule has 1 unspecified atom stereocenters. The monoisotopic (exact) mass is 538 g/mol. The van der Waals surface area contributed by atoms with Crippen molar-refractivity contribution < 1.29 is 23.8 Å². The zero-order valence-electron chi connectivity index (χ0n) is 22.0. The van der Waals surface area contributed by atoms with Crippen molar-refractivity contribution in [3.8, 4) is 17.2 Å². The molecule has 0 radical (unpaired) electrons. The van der Waals surface area contributed by atoms with Crippen LogP contribution in [0, 0.1) is 0 Å². The quantitative estimate of drug-likeness (QED) is 0.344. The van der Waals surface area contributed by atoms with Gasteiger partial charge in [-0.25, -0.2) is 0 Å². The van der Waals surface area contributed by atoms with Gasteiger partial charge in [0.2, 0.25) is 11.7 Å². The zero-order valence-corrected chi connectivity index (χ0v) is 22.8. The van der Waals surface area contributed by atoms with E-state index in [0.29, 0.717) is 29.2 Å². The largest absolute Gasteiger partial charge is 0.493 e. The summed E-state index contributed by atoms with van der Waals surface area (Å²) in [7, 11) is 4.56. The lowest BCUT2D eigenvalue weighted by molar-refractivity contribution is -0.124. The van der Waals surface area contributed by atoms with E-state index in [2.05, 4.69) is 10.6 Å². The highest BCUT2D eigenvalue weighted by atomic mass is 35.5. The molecule has 2 N–H and O–H groups in total. The first kappa shape index (κ1) is 29.0. The Kier molecular flexibility index (Phi) is 10.2. The molecule has 1 fully saturated rings. The van der Waals surface area contributed by atoms with E-state index in [1.54, 1.807) is 12.1 Å². The molecule has 0 saturated carbocycles. The standard InChI is InChI=1S/C30H34N2O5.ClH/c1-35-26-17-22(18-27(36-2)28(26)37-3)25(33)20-30(23-13-8-5-9-14-23,19-21-11-6-4-7-12-21)32-29(34)24-15-10-16-31-24;/h4-9,11-14,17-18,24,31H,10,15-16,19-20H2,1-3H3,(H,32,34);1H/t24-,30?;/m0./s1. The molecule has 1 aliphatic heterocycles. The molecule has 38 heavy (non-hydrogen) atoms. The minimum absolute atomic E-state index is 0. The molecule has 2 atom stereocenters. The van der Waals surface area contributed by atoms with Crippen LogP contribution in [0.25, 0.3) is 0 Å². The van der Waals surface area contributed by atoms with Crippen molar-refractivity contribution in [1.82, 2.24) is 10.6 Å². The van der Waals surface area contributed by atoms with E-state index in [1.807, 2.05) is 60.7 Å². The molecular weight excluding hydrogens is 504 g/mol. The van der Waals surface area contributed by atoms with Crippen LogP contribution in [0.5, 0.6) is 17.2 Å². The summed E-state index contributed by atoms with van der Waals surface area (Å²) < 4.78 is 16.4.